The van der Waals surface area contributed by atoms with E-state index in [1.807, 2.05) is 0 Å². The zero-order chi connectivity index (χ0) is 36.2. The van der Waals surface area contributed by atoms with E-state index in [4.69, 9.17) is 0 Å². The molecule has 0 bridgehead atoms. The van der Waals surface area contributed by atoms with Crippen LogP contribution in [0.5, 0.6) is 0 Å². The number of allylic oxidation sites excluding steroid dienone is 14. The Morgan fingerprint density at radius 1 is 0.630 bits per heavy atom. The zero-order valence-corrected chi connectivity index (χ0v) is 31.0. The first-order valence-electron chi connectivity index (χ1n) is 19.5. The summed E-state index contributed by atoms with van der Waals surface area (Å²) >= 11 is 0. The highest BCUT2D eigenvalue weighted by Crippen LogP contribution is 2.58. The average molecular weight is 697 g/mol. The number of rotatable bonds is 6. The summed E-state index contributed by atoms with van der Waals surface area (Å²) in [6.07, 6.45) is 24.2. The summed E-state index contributed by atoms with van der Waals surface area (Å²) < 4.78 is 2.42. The number of hydrogen-bond acceptors (Lipinski definition) is 1. The lowest BCUT2D eigenvalue weighted by molar-refractivity contribution is 0.304. The SMILES string of the molecule is CC1(C)C2=C(CC=CC=C2)C2C=CC=C(C3=CC=C(N(c4cccc(-c5ccccc5)c4)c4ccc5c6ccccc6n(-c6ccccc6)c5c4)CC3)C21. The molecule has 0 amide bonds. The Morgan fingerprint density at radius 2 is 1.39 bits per heavy atom. The number of anilines is 2. The van der Waals surface area contributed by atoms with Crippen molar-refractivity contribution in [3.05, 3.63) is 210 Å². The van der Waals surface area contributed by atoms with Crippen molar-refractivity contribution in [2.24, 2.45) is 17.3 Å². The van der Waals surface area contributed by atoms with Gasteiger partial charge in [-0.15, -0.1) is 0 Å². The fourth-order valence-corrected chi connectivity index (χ4v) is 9.85. The van der Waals surface area contributed by atoms with Crippen molar-refractivity contribution in [1.82, 2.24) is 4.57 Å². The van der Waals surface area contributed by atoms with Gasteiger partial charge in [-0.25, -0.2) is 0 Å². The molecule has 0 N–H and O–H groups in total. The second-order valence-electron chi connectivity index (χ2n) is 15.7. The van der Waals surface area contributed by atoms with Gasteiger partial charge in [-0.3, -0.25) is 0 Å². The molecular weight excluding hydrogens is 653 g/mol. The molecule has 2 unspecified atom stereocenters. The highest BCUT2D eigenvalue weighted by molar-refractivity contribution is 6.10. The lowest BCUT2D eigenvalue weighted by Crippen LogP contribution is -2.29. The molecule has 6 aromatic rings. The molecule has 0 aliphatic heterocycles. The molecule has 2 nitrogen and oxygen atoms in total. The molecule has 4 aliphatic carbocycles. The molecule has 10 rings (SSSR count). The zero-order valence-electron chi connectivity index (χ0n) is 31.0. The van der Waals surface area contributed by atoms with Gasteiger partial charge >= 0.3 is 0 Å². The highest BCUT2D eigenvalue weighted by atomic mass is 15.2. The van der Waals surface area contributed by atoms with E-state index in [9.17, 15) is 0 Å². The first-order chi connectivity index (χ1) is 26.6. The van der Waals surface area contributed by atoms with Gasteiger partial charge in [0.25, 0.3) is 0 Å². The van der Waals surface area contributed by atoms with Gasteiger partial charge in [0.1, 0.15) is 0 Å². The predicted molar refractivity (Wildman–Crippen MR) is 228 cm³/mol. The maximum atomic E-state index is 2.50. The number of fused-ring (bicyclic) bond motifs is 5. The van der Waals surface area contributed by atoms with Gasteiger partial charge in [0, 0.05) is 45.4 Å². The van der Waals surface area contributed by atoms with Crippen molar-refractivity contribution in [3.8, 4) is 16.8 Å². The van der Waals surface area contributed by atoms with Crippen molar-refractivity contribution in [3.63, 3.8) is 0 Å². The minimum Gasteiger partial charge on any atom is -0.314 e. The van der Waals surface area contributed by atoms with Gasteiger partial charge in [0.2, 0.25) is 0 Å². The van der Waals surface area contributed by atoms with Crippen molar-refractivity contribution >= 4 is 33.2 Å². The number of benzene rings is 5. The molecule has 1 heterocycles. The van der Waals surface area contributed by atoms with Crippen molar-refractivity contribution in [2.45, 2.75) is 33.1 Å². The van der Waals surface area contributed by atoms with Crippen LogP contribution in [0.1, 0.15) is 33.1 Å². The van der Waals surface area contributed by atoms with Crippen molar-refractivity contribution in [2.75, 3.05) is 4.90 Å². The Hall–Kier alpha value is -6.12. The molecule has 262 valence electrons. The summed E-state index contributed by atoms with van der Waals surface area (Å²) in [6.45, 7) is 4.93. The van der Waals surface area contributed by atoms with Gasteiger partial charge in [-0.05, 0) is 101 Å². The van der Waals surface area contributed by atoms with E-state index in [0.717, 1.165) is 19.3 Å². The summed E-state index contributed by atoms with van der Waals surface area (Å²) in [5.41, 5.74) is 15.9. The fourth-order valence-electron chi connectivity index (χ4n) is 9.85. The molecule has 5 aromatic carbocycles. The van der Waals surface area contributed by atoms with E-state index in [-0.39, 0.29) is 5.41 Å². The van der Waals surface area contributed by atoms with Crippen LogP contribution in [-0.4, -0.2) is 4.57 Å². The third kappa shape index (κ3) is 5.31. The predicted octanol–water partition coefficient (Wildman–Crippen LogP) is 13.8. The Kier molecular flexibility index (Phi) is 7.87. The molecule has 54 heavy (non-hydrogen) atoms. The van der Waals surface area contributed by atoms with Crippen LogP contribution in [0, 0.1) is 17.3 Å². The molecule has 0 spiro atoms. The second-order valence-corrected chi connectivity index (χ2v) is 15.7. The monoisotopic (exact) mass is 696 g/mol. The standard InChI is InChI=1S/C52H44N2/c1-52(2)48-26-11-5-10-22-44(48)47-25-15-24-43(51(47)52)37-28-30-40(31-29-37)53(41-21-14-18-38(34-41)36-16-6-3-7-17-36)42-32-33-46-45-23-12-13-27-49(45)54(50(46)35-42)39-19-8-4-9-20-39/h3-21,23-28,30,32-35,47,51H,22,29,31H2,1-2H3. The van der Waals surface area contributed by atoms with Crippen LogP contribution in [0.15, 0.2) is 210 Å². The van der Waals surface area contributed by atoms with Crippen LogP contribution < -0.4 is 4.90 Å². The van der Waals surface area contributed by atoms with Gasteiger partial charge in [-0.1, -0.05) is 153 Å². The molecule has 0 saturated heterocycles. The number of nitrogens with zero attached hydrogens (tertiary/aromatic N) is 2. The smallest absolute Gasteiger partial charge is 0.0561 e. The second kappa shape index (κ2) is 13.1. The molecular formula is C52H44N2. The summed E-state index contributed by atoms with van der Waals surface area (Å²) in [5.74, 6) is 0.903. The summed E-state index contributed by atoms with van der Waals surface area (Å²) in [7, 11) is 0. The van der Waals surface area contributed by atoms with Crippen molar-refractivity contribution < 1.29 is 0 Å². The largest absolute Gasteiger partial charge is 0.314 e. The van der Waals surface area contributed by atoms with Gasteiger partial charge in [0.15, 0.2) is 0 Å². The van der Waals surface area contributed by atoms with Crippen molar-refractivity contribution in [1.29, 1.82) is 0 Å². The Labute approximate surface area is 318 Å². The lowest BCUT2D eigenvalue weighted by atomic mass is 9.66. The molecule has 1 aromatic heterocycles. The van der Waals surface area contributed by atoms with Crippen LogP contribution >= 0.6 is 0 Å². The van der Waals surface area contributed by atoms with E-state index in [0.29, 0.717) is 11.8 Å². The number of para-hydroxylation sites is 2. The average Bonchev–Trinajstić information content (AvgIpc) is 3.49. The van der Waals surface area contributed by atoms with Gasteiger partial charge in [0.05, 0.1) is 11.0 Å². The maximum absolute atomic E-state index is 2.50. The van der Waals surface area contributed by atoms with Gasteiger partial charge < -0.3 is 9.47 Å². The quantitative estimate of drug-likeness (QED) is 0.168. The molecule has 0 radical (unpaired) electrons. The minimum absolute atomic E-state index is 0.0699. The van der Waals surface area contributed by atoms with E-state index < -0.39 is 0 Å². The Balaban J connectivity index is 1.10. The summed E-state index contributed by atoms with van der Waals surface area (Å²) in [6, 6.07) is 46.4. The Morgan fingerprint density at radius 3 is 2.22 bits per heavy atom. The molecule has 2 atom stereocenters. The van der Waals surface area contributed by atoms with E-state index in [1.165, 1.54) is 72.4 Å². The normalized spacial score (nSPS) is 20.0. The highest BCUT2D eigenvalue weighted by Gasteiger charge is 2.48. The minimum atomic E-state index is 0.0699. The molecule has 4 aliphatic rings. The van der Waals surface area contributed by atoms with E-state index in [2.05, 4.69) is 205 Å². The van der Waals surface area contributed by atoms with Crippen LogP contribution in [0.25, 0.3) is 38.6 Å². The van der Waals surface area contributed by atoms with E-state index in [1.54, 1.807) is 5.57 Å². The molecule has 0 fully saturated rings. The summed E-state index contributed by atoms with van der Waals surface area (Å²) in [5, 5.41) is 2.53. The lowest BCUT2D eigenvalue weighted by Gasteiger charge is -2.38. The molecule has 0 saturated carbocycles. The number of hydrogen-bond donors (Lipinski definition) is 0. The van der Waals surface area contributed by atoms with Gasteiger partial charge in [-0.2, -0.15) is 0 Å². The maximum Gasteiger partial charge on any atom is 0.0561 e. The summed E-state index contributed by atoms with van der Waals surface area (Å²) in [4.78, 5) is 2.50. The van der Waals surface area contributed by atoms with Crippen LogP contribution in [0.3, 0.4) is 0 Å². The Bertz CT molecular complexity index is 2650. The van der Waals surface area contributed by atoms with E-state index >= 15 is 0 Å². The fraction of sp³-hybridized carbons (Fsp3) is 0.154. The number of aromatic nitrogens is 1. The first kappa shape index (κ1) is 32.5. The third-order valence-electron chi connectivity index (χ3n) is 12.3. The third-order valence-corrected chi connectivity index (χ3v) is 12.3. The topological polar surface area (TPSA) is 8.17 Å². The first-order valence-corrected chi connectivity index (χ1v) is 19.5. The van der Waals surface area contributed by atoms with Crippen LogP contribution in [0.4, 0.5) is 11.4 Å². The van der Waals surface area contributed by atoms with Crippen LogP contribution in [0.2, 0.25) is 0 Å². The molecule has 2 heteroatoms. The van der Waals surface area contributed by atoms with Crippen LogP contribution in [-0.2, 0) is 0 Å².